The van der Waals surface area contributed by atoms with Crippen molar-refractivity contribution in [1.29, 1.82) is 0 Å². The van der Waals surface area contributed by atoms with Crippen molar-refractivity contribution in [2.45, 2.75) is 6.42 Å². The van der Waals surface area contributed by atoms with E-state index >= 15 is 0 Å². The molecule has 0 aliphatic carbocycles. The van der Waals surface area contributed by atoms with Crippen LogP contribution in [0.4, 0.5) is 11.4 Å². The number of amides is 1. The van der Waals surface area contributed by atoms with Crippen LogP contribution in [0.25, 0.3) is 0 Å². The second-order valence-corrected chi connectivity index (χ2v) is 3.81. The Morgan fingerprint density at radius 2 is 2.11 bits per heavy atom. The van der Waals surface area contributed by atoms with Crippen molar-refractivity contribution in [2.75, 3.05) is 18.6 Å². The lowest BCUT2D eigenvalue weighted by Crippen LogP contribution is -2.25. The molecule has 1 aliphatic rings. The Kier molecular flexibility index (Phi) is 2.97. The van der Waals surface area contributed by atoms with Crippen molar-refractivity contribution in [3.05, 3.63) is 28.3 Å². The number of hydrogen-bond acceptors (Lipinski definition) is 5. The number of ether oxygens (including phenoxy) is 1. The Balaban J connectivity index is 2.47. The molecule has 0 N–H and O–H groups in total. The Hall–Kier alpha value is -2.44. The number of hydrogen-bond donors (Lipinski definition) is 0. The summed E-state index contributed by atoms with van der Waals surface area (Å²) in [6.07, 6.45) is -0.205. The van der Waals surface area contributed by atoms with E-state index in [1.165, 1.54) is 25.3 Å². The minimum atomic E-state index is -0.603. The normalized spacial score (nSPS) is 15.1. The molecule has 0 bridgehead atoms. The summed E-state index contributed by atoms with van der Waals surface area (Å²) >= 11 is 0. The molecule has 0 unspecified atom stereocenters. The molecule has 94 valence electrons. The van der Waals surface area contributed by atoms with E-state index in [2.05, 4.69) is 0 Å². The summed E-state index contributed by atoms with van der Waals surface area (Å²) < 4.78 is 4.90. The van der Waals surface area contributed by atoms with Gasteiger partial charge in [0.1, 0.15) is 11.4 Å². The van der Waals surface area contributed by atoms with Crippen LogP contribution in [0.5, 0.6) is 5.75 Å². The monoisotopic (exact) mass is 250 g/mol. The highest BCUT2D eigenvalue weighted by molar-refractivity contribution is 6.15. The van der Waals surface area contributed by atoms with Gasteiger partial charge >= 0.3 is 0 Å². The van der Waals surface area contributed by atoms with Crippen LogP contribution in [-0.2, 0) is 9.59 Å². The minimum absolute atomic E-state index is 0.119. The van der Waals surface area contributed by atoms with Gasteiger partial charge in [0.05, 0.1) is 31.1 Å². The number of Topliss-reactive ketones (excluding diaryl/α,β-unsaturated/α-hetero) is 1. The summed E-state index contributed by atoms with van der Waals surface area (Å²) in [5, 5.41) is 11.0. The molecule has 0 aromatic heterocycles. The van der Waals surface area contributed by atoms with Gasteiger partial charge in [-0.15, -0.1) is 0 Å². The number of carbonyl (C=O) groups is 2. The van der Waals surface area contributed by atoms with Crippen molar-refractivity contribution < 1.29 is 19.2 Å². The SMILES string of the molecule is COc1ccc(N2CC(=O)CC2=O)c([N+](=O)[O-])c1. The largest absolute Gasteiger partial charge is 0.496 e. The molecule has 1 heterocycles. The fourth-order valence-electron chi connectivity index (χ4n) is 1.81. The van der Waals surface area contributed by atoms with Crippen molar-refractivity contribution in [2.24, 2.45) is 0 Å². The predicted molar refractivity (Wildman–Crippen MR) is 61.6 cm³/mol. The molecule has 1 aromatic rings. The smallest absolute Gasteiger partial charge is 0.296 e. The van der Waals surface area contributed by atoms with Gasteiger partial charge in [-0.05, 0) is 12.1 Å². The van der Waals surface area contributed by atoms with Gasteiger partial charge < -0.3 is 4.74 Å². The van der Waals surface area contributed by atoms with Crippen LogP contribution < -0.4 is 9.64 Å². The number of anilines is 1. The maximum Gasteiger partial charge on any atom is 0.296 e. The molecule has 7 nitrogen and oxygen atoms in total. The molecule has 0 radical (unpaired) electrons. The maximum atomic E-state index is 11.6. The number of nitro benzene ring substituents is 1. The van der Waals surface area contributed by atoms with Crippen molar-refractivity contribution >= 4 is 23.1 Å². The van der Waals surface area contributed by atoms with E-state index in [1.54, 1.807) is 0 Å². The van der Waals surface area contributed by atoms with Crippen LogP contribution in [0.1, 0.15) is 6.42 Å². The lowest BCUT2D eigenvalue weighted by atomic mass is 10.2. The first kappa shape index (κ1) is 12.0. The molecule has 18 heavy (non-hydrogen) atoms. The highest BCUT2D eigenvalue weighted by Gasteiger charge is 2.33. The molecule has 1 saturated heterocycles. The summed E-state index contributed by atoms with van der Waals surface area (Å²) in [7, 11) is 1.39. The van der Waals surface area contributed by atoms with Gasteiger partial charge in [0.15, 0.2) is 5.78 Å². The molecular formula is C11H10N2O5. The first-order valence-electron chi connectivity index (χ1n) is 5.17. The quantitative estimate of drug-likeness (QED) is 0.452. The van der Waals surface area contributed by atoms with Crippen LogP contribution >= 0.6 is 0 Å². The molecule has 0 atom stereocenters. The standard InChI is InChI=1S/C11H10N2O5/c1-18-8-2-3-9(10(5-8)13(16)17)12-6-7(14)4-11(12)15/h2-3,5H,4,6H2,1H3. The van der Waals surface area contributed by atoms with Crippen LogP contribution in [0.2, 0.25) is 0 Å². The van der Waals surface area contributed by atoms with E-state index in [1.807, 2.05) is 0 Å². The first-order chi connectivity index (χ1) is 8.52. The van der Waals surface area contributed by atoms with Gasteiger partial charge in [-0.2, -0.15) is 0 Å². The van der Waals surface area contributed by atoms with E-state index in [4.69, 9.17) is 4.74 Å². The number of rotatable bonds is 3. The van der Waals surface area contributed by atoms with Crippen LogP contribution in [-0.4, -0.2) is 30.3 Å². The molecule has 1 aromatic carbocycles. The maximum absolute atomic E-state index is 11.6. The second kappa shape index (κ2) is 4.44. The van der Waals surface area contributed by atoms with Crippen LogP contribution in [0.15, 0.2) is 18.2 Å². The molecular weight excluding hydrogens is 240 g/mol. The van der Waals surface area contributed by atoms with Crippen LogP contribution in [0, 0.1) is 10.1 Å². The average molecular weight is 250 g/mol. The van der Waals surface area contributed by atoms with E-state index in [-0.39, 0.29) is 30.1 Å². The van der Waals surface area contributed by atoms with Gasteiger partial charge in [0.2, 0.25) is 5.91 Å². The lowest BCUT2D eigenvalue weighted by Gasteiger charge is -2.15. The summed E-state index contributed by atoms with van der Waals surface area (Å²) in [6, 6.07) is 4.15. The lowest BCUT2D eigenvalue weighted by molar-refractivity contribution is -0.384. The highest BCUT2D eigenvalue weighted by atomic mass is 16.6. The van der Waals surface area contributed by atoms with E-state index in [0.29, 0.717) is 5.75 Å². The zero-order valence-corrected chi connectivity index (χ0v) is 9.58. The van der Waals surface area contributed by atoms with Gasteiger partial charge in [-0.1, -0.05) is 0 Å². The molecule has 0 saturated carbocycles. The average Bonchev–Trinajstić information content (AvgIpc) is 2.67. The minimum Gasteiger partial charge on any atom is -0.496 e. The molecule has 7 heteroatoms. The third-order valence-corrected chi connectivity index (χ3v) is 2.65. The van der Waals surface area contributed by atoms with Gasteiger partial charge in [0, 0.05) is 0 Å². The van der Waals surface area contributed by atoms with Gasteiger partial charge in [0.25, 0.3) is 5.69 Å². The van der Waals surface area contributed by atoms with Gasteiger partial charge in [-0.3, -0.25) is 24.6 Å². The number of benzene rings is 1. The van der Waals surface area contributed by atoms with E-state index in [0.717, 1.165) is 4.90 Å². The molecule has 0 spiro atoms. The van der Waals surface area contributed by atoms with Crippen molar-refractivity contribution in [1.82, 2.24) is 0 Å². The van der Waals surface area contributed by atoms with E-state index in [9.17, 15) is 19.7 Å². The first-order valence-corrected chi connectivity index (χ1v) is 5.17. The van der Waals surface area contributed by atoms with E-state index < -0.39 is 10.8 Å². The second-order valence-electron chi connectivity index (χ2n) is 3.81. The fraction of sp³-hybridized carbons (Fsp3) is 0.273. The number of methoxy groups -OCH3 is 1. The molecule has 1 amide bonds. The highest BCUT2D eigenvalue weighted by Crippen LogP contribution is 2.33. The molecule has 2 rings (SSSR count). The van der Waals surface area contributed by atoms with Gasteiger partial charge in [-0.25, -0.2) is 0 Å². The summed E-state index contributed by atoms with van der Waals surface area (Å²) in [6.45, 7) is -0.119. The fourth-order valence-corrected chi connectivity index (χ4v) is 1.81. The predicted octanol–water partition coefficient (Wildman–Crippen LogP) is 0.909. The Morgan fingerprint density at radius 3 is 2.61 bits per heavy atom. The topological polar surface area (TPSA) is 89.8 Å². The Bertz CT molecular complexity index is 540. The number of nitrogens with zero attached hydrogens (tertiary/aromatic N) is 2. The molecule has 1 aliphatic heterocycles. The van der Waals surface area contributed by atoms with Crippen molar-refractivity contribution in [3.63, 3.8) is 0 Å². The Labute approximate surface area is 102 Å². The zero-order valence-electron chi connectivity index (χ0n) is 9.58. The summed E-state index contributed by atoms with van der Waals surface area (Å²) in [5.74, 6) is -0.346. The zero-order chi connectivity index (χ0) is 13.3. The number of nitro groups is 1. The third kappa shape index (κ3) is 2.02. The molecule has 1 fully saturated rings. The Morgan fingerprint density at radius 1 is 1.39 bits per heavy atom. The number of carbonyl (C=O) groups excluding carboxylic acids is 2. The number of ketones is 1. The summed E-state index contributed by atoms with van der Waals surface area (Å²) in [4.78, 5) is 34.2. The van der Waals surface area contributed by atoms with Crippen LogP contribution in [0.3, 0.4) is 0 Å². The third-order valence-electron chi connectivity index (χ3n) is 2.65. The summed E-state index contributed by atoms with van der Waals surface area (Å²) in [5.41, 5.74) is -0.131. The van der Waals surface area contributed by atoms with Crippen molar-refractivity contribution in [3.8, 4) is 5.75 Å².